The third-order valence-corrected chi connectivity index (χ3v) is 5.39. The van der Waals surface area contributed by atoms with Crippen LogP contribution in [-0.4, -0.2) is 37.8 Å². The van der Waals surface area contributed by atoms with Gasteiger partial charge >= 0.3 is 0 Å². The summed E-state index contributed by atoms with van der Waals surface area (Å²) in [6.45, 7) is 0. The summed E-state index contributed by atoms with van der Waals surface area (Å²) < 4.78 is 1.50. The van der Waals surface area contributed by atoms with Crippen molar-refractivity contribution in [2.45, 2.75) is 5.16 Å². The number of hydrogen-bond donors (Lipinski definition) is 2. The number of nitrogens with one attached hydrogen (secondary N) is 2. The maximum atomic E-state index is 12.6. The maximum Gasteiger partial charge on any atom is 0.255 e. The molecule has 4 rings (SSSR count). The normalized spacial score (nSPS) is 10.7. The first kappa shape index (κ1) is 19.6. The Morgan fingerprint density at radius 2 is 1.73 bits per heavy atom. The van der Waals surface area contributed by atoms with Crippen molar-refractivity contribution < 1.29 is 9.59 Å². The largest absolute Gasteiger partial charge is 0.325 e. The van der Waals surface area contributed by atoms with Crippen molar-refractivity contribution in [2.24, 2.45) is 7.05 Å². The van der Waals surface area contributed by atoms with E-state index >= 15 is 0 Å². The van der Waals surface area contributed by atoms with Crippen molar-refractivity contribution in [1.82, 2.24) is 20.2 Å². The zero-order valence-corrected chi connectivity index (χ0v) is 16.9. The van der Waals surface area contributed by atoms with E-state index in [0.29, 0.717) is 16.4 Å². The minimum atomic E-state index is -0.213. The molecule has 8 nitrogen and oxygen atoms in total. The molecule has 0 bridgehead atoms. The van der Waals surface area contributed by atoms with Crippen LogP contribution in [0.4, 0.5) is 11.4 Å². The number of aromatic nitrogens is 4. The van der Waals surface area contributed by atoms with E-state index in [-0.39, 0.29) is 17.6 Å². The Kier molecular flexibility index (Phi) is 5.71. The second-order valence-electron chi connectivity index (χ2n) is 6.48. The van der Waals surface area contributed by atoms with Gasteiger partial charge in [-0.1, -0.05) is 48.2 Å². The summed E-state index contributed by atoms with van der Waals surface area (Å²) in [6, 6.07) is 20.4. The lowest BCUT2D eigenvalue weighted by Gasteiger charge is -2.10. The third-order valence-electron chi connectivity index (χ3n) is 4.38. The number of carbonyl (C=O) groups is 2. The van der Waals surface area contributed by atoms with Crippen LogP contribution < -0.4 is 10.6 Å². The highest BCUT2D eigenvalue weighted by Crippen LogP contribution is 2.23. The van der Waals surface area contributed by atoms with Crippen molar-refractivity contribution in [3.05, 3.63) is 72.3 Å². The minimum absolute atomic E-state index is 0.178. The number of thioether (sulfide) groups is 1. The van der Waals surface area contributed by atoms with Crippen LogP contribution in [0.2, 0.25) is 0 Å². The molecule has 0 saturated heterocycles. The molecule has 2 amide bonds. The molecule has 3 aromatic carbocycles. The molecule has 0 atom stereocenters. The lowest BCUT2D eigenvalue weighted by molar-refractivity contribution is -0.113. The Hall–Kier alpha value is -3.72. The van der Waals surface area contributed by atoms with Gasteiger partial charge in [0.2, 0.25) is 11.1 Å². The molecule has 0 radical (unpaired) electrons. The van der Waals surface area contributed by atoms with Crippen LogP contribution in [0.15, 0.2) is 71.9 Å². The standard InChI is InChI=1S/C21H18N6O2S/c1-27-21(24-25-26-27)30-13-19(28)22-16-11-9-15(10-12-16)20(29)23-18-8-4-6-14-5-2-3-7-17(14)18/h2-12H,13H2,1H3,(H,22,28)(H,23,29). The number of carbonyl (C=O) groups excluding carboxylic acids is 2. The summed E-state index contributed by atoms with van der Waals surface area (Å²) in [5.41, 5.74) is 1.87. The molecule has 0 aliphatic carbocycles. The fourth-order valence-electron chi connectivity index (χ4n) is 2.90. The van der Waals surface area contributed by atoms with Crippen LogP contribution in [0.25, 0.3) is 10.8 Å². The van der Waals surface area contributed by atoms with Gasteiger partial charge in [0.05, 0.1) is 5.75 Å². The molecule has 1 aromatic heterocycles. The zero-order valence-electron chi connectivity index (χ0n) is 16.1. The van der Waals surface area contributed by atoms with Gasteiger partial charge in [-0.05, 0) is 46.1 Å². The van der Waals surface area contributed by atoms with E-state index in [0.717, 1.165) is 16.5 Å². The lowest BCUT2D eigenvalue weighted by Crippen LogP contribution is -2.15. The highest BCUT2D eigenvalue weighted by molar-refractivity contribution is 7.99. The van der Waals surface area contributed by atoms with Gasteiger partial charge in [-0.3, -0.25) is 9.59 Å². The molecule has 0 aliphatic heterocycles. The van der Waals surface area contributed by atoms with Gasteiger partial charge in [0.1, 0.15) is 0 Å². The van der Waals surface area contributed by atoms with E-state index in [4.69, 9.17) is 0 Å². The van der Waals surface area contributed by atoms with Gasteiger partial charge in [0.15, 0.2) is 0 Å². The van der Waals surface area contributed by atoms with Gasteiger partial charge in [-0.25, -0.2) is 4.68 Å². The highest BCUT2D eigenvalue weighted by Gasteiger charge is 2.10. The quantitative estimate of drug-likeness (QED) is 0.466. The van der Waals surface area contributed by atoms with Crippen molar-refractivity contribution >= 4 is 45.7 Å². The maximum absolute atomic E-state index is 12.6. The van der Waals surface area contributed by atoms with Crippen molar-refractivity contribution in [2.75, 3.05) is 16.4 Å². The number of amides is 2. The van der Waals surface area contributed by atoms with Crippen molar-refractivity contribution in [3.63, 3.8) is 0 Å². The van der Waals surface area contributed by atoms with Crippen molar-refractivity contribution in [3.8, 4) is 0 Å². The molecule has 0 fully saturated rings. The Balaban J connectivity index is 1.37. The average Bonchev–Trinajstić information content (AvgIpc) is 3.18. The van der Waals surface area contributed by atoms with Gasteiger partial charge in [-0.15, -0.1) is 5.10 Å². The summed E-state index contributed by atoms with van der Waals surface area (Å²) >= 11 is 1.24. The smallest absolute Gasteiger partial charge is 0.255 e. The average molecular weight is 418 g/mol. The van der Waals surface area contributed by atoms with Crippen LogP contribution in [0.3, 0.4) is 0 Å². The summed E-state index contributed by atoms with van der Waals surface area (Å²) in [5.74, 6) is -0.220. The summed E-state index contributed by atoms with van der Waals surface area (Å²) in [7, 11) is 1.71. The lowest BCUT2D eigenvalue weighted by atomic mass is 10.1. The second kappa shape index (κ2) is 8.75. The Bertz CT molecular complexity index is 1200. The molecule has 30 heavy (non-hydrogen) atoms. The number of benzene rings is 3. The molecular weight excluding hydrogens is 400 g/mol. The highest BCUT2D eigenvalue weighted by atomic mass is 32.2. The van der Waals surface area contributed by atoms with Crippen LogP contribution in [0.1, 0.15) is 10.4 Å². The first-order valence-corrected chi connectivity index (χ1v) is 10.1. The summed E-state index contributed by atoms with van der Waals surface area (Å²) in [5, 5.41) is 19.4. The van der Waals surface area contributed by atoms with E-state index in [1.807, 2.05) is 42.5 Å². The van der Waals surface area contributed by atoms with E-state index < -0.39 is 0 Å². The van der Waals surface area contributed by atoms with Gasteiger partial charge in [0.25, 0.3) is 5.91 Å². The van der Waals surface area contributed by atoms with E-state index in [1.54, 1.807) is 31.3 Å². The topological polar surface area (TPSA) is 102 Å². The van der Waals surface area contributed by atoms with E-state index in [9.17, 15) is 9.59 Å². The Labute approximate surface area is 176 Å². The molecule has 150 valence electrons. The number of tetrazole rings is 1. The third kappa shape index (κ3) is 4.47. The molecule has 1 heterocycles. The summed E-state index contributed by atoms with van der Waals surface area (Å²) in [6.07, 6.45) is 0. The van der Waals surface area contributed by atoms with E-state index in [2.05, 4.69) is 26.2 Å². The molecule has 9 heteroatoms. The van der Waals surface area contributed by atoms with Gasteiger partial charge < -0.3 is 10.6 Å². The molecular formula is C21H18N6O2S. The zero-order chi connectivity index (χ0) is 20.9. The predicted octanol–water partition coefficient (Wildman–Crippen LogP) is 3.35. The number of anilines is 2. The number of rotatable bonds is 6. The fourth-order valence-corrected chi connectivity index (χ4v) is 3.55. The molecule has 0 aliphatic rings. The van der Waals surface area contributed by atoms with Crippen LogP contribution in [-0.2, 0) is 11.8 Å². The number of nitrogens with zero attached hydrogens (tertiary/aromatic N) is 4. The molecule has 0 unspecified atom stereocenters. The van der Waals surface area contributed by atoms with Crippen LogP contribution >= 0.6 is 11.8 Å². The van der Waals surface area contributed by atoms with E-state index in [1.165, 1.54) is 16.4 Å². The van der Waals surface area contributed by atoms with Crippen LogP contribution in [0.5, 0.6) is 0 Å². The first-order chi connectivity index (χ1) is 14.6. The number of fused-ring (bicyclic) bond motifs is 1. The monoisotopic (exact) mass is 418 g/mol. The van der Waals surface area contributed by atoms with Crippen molar-refractivity contribution in [1.29, 1.82) is 0 Å². The molecule has 4 aromatic rings. The fraction of sp³-hybridized carbons (Fsp3) is 0.0952. The molecule has 0 saturated carbocycles. The second-order valence-corrected chi connectivity index (χ2v) is 7.42. The Morgan fingerprint density at radius 3 is 2.50 bits per heavy atom. The van der Waals surface area contributed by atoms with Gasteiger partial charge in [-0.2, -0.15) is 0 Å². The molecule has 0 spiro atoms. The number of aryl methyl sites for hydroxylation is 1. The number of hydrogen-bond acceptors (Lipinski definition) is 6. The minimum Gasteiger partial charge on any atom is -0.325 e. The Morgan fingerprint density at radius 1 is 0.967 bits per heavy atom. The van der Waals surface area contributed by atoms with Gasteiger partial charge in [0, 0.05) is 29.4 Å². The SMILES string of the molecule is Cn1nnnc1SCC(=O)Nc1ccc(C(=O)Nc2cccc3ccccc23)cc1. The summed E-state index contributed by atoms with van der Waals surface area (Å²) in [4.78, 5) is 24.7. The first-order valence-electron chi connectivity index (χ1n) is 9.14. The van der Waals surface area contributed by atoms with Crippen LogP contribution in [0, 0.1) is 0 Å². The molecule has 2 N–H and O–H groups in total. The predicted molar refractivity (Wildman–Crippen MR) is 116 cm³/mol.